The van der Waals surface area contributed by atoms with Gasteiger partial charge in [0.25, 0.3) is 0 Å². The third-order valence-corrected chi connectivity index (χ3v) is 3.65. The fourth-order valence-electron chi connectivity index (χ4n) is 2.55. The van der Waals surface area contributed by atoms with E-state index in [9.17, 15) is 4.79 Å². The van der Waals surface area contributed by atoms with Crippen molar-refractivity contribution < 1.29 is 9.53 Å². The highest BCUT2D eigenvalue weighted by atomic mass is 16.5. The number of para-hydroxylation sites is 1. The van der Waals surface area contributed by atoms with Crippen LogP contribution in [-0.4, -0.2) is 36.5 Å². The van der Waals surface area contributed by atoms with Crippen LogP contribution in [-0.2, 0) is 11.2 Å². The molecule has 1 atom stereocenters. The van der Waals surface area contributed by atoms with E-state index in [0.717, 1.165) is 30.8 Å². The van der Waals surface area contributed by atoms with Gasteiger partial charge in [-0.15, -0.1) is 0 Å². The summed E-state index contributed by atoms with van der Waals surface area (Å²) in [5.41, 5.74) is 6.63. The maximum Gasteiger partial charge on any atom is 0.227 e. The number of nitrogens with two attached hydrogens (primary N) is 1. The van der Waals surface area contributed by atoms with Gasteiger partial charge >= 0.3 is 0 Å². The standard InChI is InChI=1S/C16H24N2O2/c1-12(2)20-15-6-4-3-5-14(15)9-16(19)18-8-7-13(10-17)11-18/h3-6,12-13H,7-11,17H2,1-2H3/t13-/m1/s1. The van der Waals surface area contributed by atoms with Gasteiger partial charge in [-0.1, -0.05) is 18.2 Å². The molecule has 1 amide bonds. The van der Waals surface area contributed by atoms with Crippen molar-refractivity contribution in [3.63, 3.8) is 0 Å². The molecule has 1 heterocycles. The number of hydrogen-bond acceptors (Lipinski definition) is 3. The van der Waals surface area contributed by atoms with Crippen molar-refractivity contribution in [1.82, 2.24) is 4.90 Å². The SMILES string of the molecule is CC(C)Oc1ccccc1CC(=O)N1CC[C@H](CN)C1. The molecule has 0 spiro atoms. The predicted octanol–water partition coefficient (Wildman–Crippen LogP) is 1.82. The zero-order valence-electron chi connectivity index (χ0n) is 12.3. The normalized spacial score (nSPS) is 18.6. The third kappa shape index (κ3) is 3.73. The predicted molar refractivity (Wildman–Crippen MR) is 79.7 cm³/mol. The number of nitrogens with zero attached hydrogens (tertiary/aromatic N) is 1. The van der Waals surface area contributed by atoms with Crippen molar-refractivity contribution in [2.24, 2.45) is 11.7 Å². The molecule has 0 saturated carbocycles. The first-order valence-electron chi connectivity index (χ1n) is 7.32. The molecule has 2 rings (SSSR count). The van der Waals surface area contributed by atoms with Crippen molar-refractivity contribution in [3.05, 3.63) is 29.8 Å². The van der Waals surface area contributed by atoms with Crippen LogP contribution in [0.4, 0.5) is 0 Å². The van der Waals surface area contributed by atoms with Crippen LogP contribution in [0.15, 0.2) is 24.3 Å². The lowest BCUT2D eigenvalue weighted by atomic mass is 10.1. The second-order valence-corrected chi connectivity index (χ2v) is 5.68. The topological polar surface area (TPSA) is 55.6 Å². The number of rotatable bonds is 5. The summed E-state index contributed by atoms with van der Waals surface area (Å²) in [7, 11) is 0. The van der Waals surface area contributed by atoms with E-state index in [1.54, 1.807) is 0 Å². The van der Waals surface area contributed by atoms with Crippen LogP contribution < -0.4 is 10.5 Å². The fourth-order valence-corrected chi connectivity index (χ4v) is 2.55. The van der Waals surface area contributed by atoms with E-state index in [4.69, 9.17) is 10.5 Å². The second-order valence-electron chi connectivity index (χ2n) is 5.68. The van der Waals surface area contributed by atoms with Crippen LogP contribution in [0.5, 0.6) is 5.75 Å². The number of ether oxygens (including phenoxy) is 1. The minimum Gasteiger partial charge on any atom is -0.491 e. The Morgan fingerprint density at radius 3 is 2.85 bits per heavy atom. The van der Waals surface area contributed by atoms with Crippen molar-refractivity contribution in [3.8, 4) is 5.75 Å². The molecule has 0 aromatic heterocycles. The molecule has 1 aromatic carbocycles. The first kappa shape index (κ1) is 14.9. The Balaban J connectivity index is 2.01. The number of hydrogen-bond donors (Lipinski definition) is 1. The van der Waals surface area contributed by atoms with Gasteiger partial charge in [0.05, 0.1) is 12.5 Å². The van der Waals surface area contributed by atoms with Gasteiger partial charge in [-0.2, -0.15) is 0 Å². The summed E-state index contributed by atoms with van der Waals surface area (Å²) < 4.78 is 5.76. The van der Waals surface area contributed by atoms with Gasteiger partial charge in [-0.25, -0.2) is 0 Å². The second kappa shape index (κ2) is 6.75. The summed E-state index contributed by atoms with van der Waals surface area (Å²) in [5, 5.41) is 0. The zero-order valence-corrected chi connectivity index (χ0v) is 12.3. The Kier molecular flexibility index (Phi) is 5.01. The van der Waals surface area contributed by atoms with Crippen LogP contribution in [0, 0.1) is 5.92 Å². The van der Waals surface area contributed by atoms with Crippen molar-refractivity contribution >= 4 is 5.91 Å². The van der Waals surface area contributed by atoms with E-state index in [0.29, 0.717) is 18.9 Å². The Bertz CT molecular complexity index is 460. The highest BCUT2D eigenvalue weighted by molar-refractivity contribution is 5.79. The molecule has 20 heavy (non-hydrogen) atoms. The number of carbonyl (C=O) groups excluding carboxylic acids is 1. The summed E-state index contributed by atoms with van der Waals surface area (Å²) in [6.07, 6.45) is 1.53. The lowest BCUT2D eigenvalue weighted by Crippen LogP contribution is -2.31. The van der Waals surface area contributed by atoms with Gasteiger partial charge in [0.2, 0.25) is 5.91 Å². The van der Waals surface area contributed by atoms with Crippen LogP contribution in [0.1, 0.15) is 25.8 Å². The molecule has 1 saturated heterocycles. The molecule has 1 aromatic rings. The number of amides is 1. The molecule has 1 fully saturated rings. The molecular formula is C16H24N2O2. The average molecular weight is 276 g/mol. The number of likely N-dealkylation sites (tertiary alicyclic amines) is 1. The van der Waals surface area contributed by atoms with Crippen LogP contribution in [0.3, 0.4) is 0 Å². The van der Waals surface area contributed by atoms with E-state index >= 15 is 0 Å². The van der Waals surface area contributed by atoms with E-state index in [2.05, 4.69) is 0 Å². The molecule has 2 N–H and O–H groups in total. The monoisotopic (exact) mass is 276 g/mol. The van der Waals surface area contributed by atoms with Crippen LogP contribution in [0.25, 0.3) is 0 Å². The van der Waals surface area contributed by atoms with Gasteiger partial charge in [0.1, 0.15) is 5.75 Å². The minimum absolute atomic E-state index is 0.111. The number of carbonyl (C=O) groups is 1. The van der Waals surface area contributed by atoms with Gasteiger partial charge in [0.15, 0.2) is 0 Å². The summed E-state index contributed by atoms with van der Waals surface area (Å²) >= 11 is 0. The highest BCUT2D eigenvalue weighted by Gasteiger charge is 2.25. The maximum absolute atomic E-state index is 12.3. The molecule has 0 bridgehead atoms. The third-order valence-electron chi connectivity index (χ3n) is 3.65. The number of benzene rings is 1. The van der Waals surface area contributed by atoms with Crippen molar-refractivity contribution in [2.75, 3.05) is 19.6 Å². The first-order valence-corrected chi connectivity index (χ1v) is 7.32. The molecule has 1 aliphatic rings. The van der Waals surface area contributed by atoms with Gasteiger partial charge in [-0.05, 0) is 38.8 Å². The van der Waals surface area contributed by atoms with Crippen molar-refractivity contribution in [2.45, 2.75) is 32.8 Å². The molecule has 1 aliphatic heterocycles. The molecule has 0 unspecified atom stereocenters. The van der Waals surface area contributed by atoms with E-state index in [-0.39, 0.29) is 12.0 Å². The lowest BCUT2D eigenvalue weighted by molar-refractivity contribution is -0.129. The first-order chi connectivity index (χ1) is 9.60. The van der Waals surface area contributed by atoms with E-state index < -0.39 is 0 Å². The lowest BCUT2D eigenvalue weighted by Gasteiger charge is -2.18. The summed E-state index contributed by atoms with van der Waals surface area (Å²) in [6, 6.07) is 7.77. The van der Waals surface area contributed by atoms with Crippen LogP contribution in [0.2, 0.25) is 0 Å². The quantitative estimate of drug-likeness (QED) is 0.892. The molecule has 0 radical (unpaired) electrons. The summed E-state index contributed by atoms with van der Waals surface area (Å²) in [4.78, 5) is 14.3. The van der Waals surface area contributed by atoms with E-state index in [1.807, 2.05) is 43.0 Å². The van der Waals surface area contributed by atoms with Crippen molar-refractivity contribution in [1.29, 1.82) is 0 Å². The zero-order chi connectivity index (χ0) is 14.5. The summed E-state index contributed by atoms with van der Waals surface area (Å²) in [5.74, 6) is 1.44. The fraction of sp³-hybridized carbons (Fsp3) is 0.562. The Labute approximate surface area is 120 Å². The Morgan fingerprint density at radius 2 is 2.20 bits per heavy atom. The summed E-state index contributed by atoms with van der Waals surface area (Å²) in [6.45, 7) is 6.27. The molecule has 0 aliphatic carbocycles. The van der Waals surface area contributed by atoms with Gasteiger partial charge < -0.3 is 15.4 Å². The molecule has 110 valence electrons. The smallest absolute Gasteiger partial charge is 0.227 e. The molecule has 4 nitrogen and oxygen atoms in total. The Hall–Kier alpha value is -1.55. The molecule has 4 heteroatoms. The Morgan fingerprint density at radius 1 is 1.45 bits per heavy atom. The average Bonchev–Trinajstić information content (AvgIpc) is 2.89. The largest absolute Gasteiger partial charge is 0.491 e. The molecular weight excluding hydrogens is 252 g/mol. The van der Waals surface area contributed by atoms with Crippen LogP contribution >= 0.6 is 0 Å². The van der Waals surface area contributed by atoms with E-state index in [1.165, 1.54) is 0 Å². The van der Waals surface area contributed by atoms with Gasteiger partial charge in [0, 0.05) is 18.7 Å². The maximum atomic E-state index is 12.3. The van der Waals surface area contributed by atoms with Gasteiger partial charge in [-0.3, -0.25) is 4.79 Å². The minimum atomic E-state index is 0.111. The highest BCUT2D eigenvalue weighted by Crippen LogP contribution is 2.22.